The Bertz CT molecular complexity index is 1440. The van der Waals surface area contributed by atoms with E-state index in [0.717, 1.165) is 39.9 Å². The van der Waals surface area contributed by atoms with E-state index < -0.39 is 12.0 Å². The van der Waals surface area contributed by atoms with Crippen molar-refractivity contribution in [3.05, 3.63) is 89.1 Å². The molecule has 4 rings (SSSR count). The summed E-state index contributed by atoms with van der Waals surface area (Å²) in [5, 5.41) is 18.4. The number of fused-ring (bicyclic) bond motifs is 1. The molecule has 1 heterocycles. The number of pyridine rings is 1. The number of rotatable bonds is 14. The van der Waals surface area contributed by atoms with E-state index in [1.54, 1.807) is 6.20 Å². The summed E-state index contributed by atoms with van der Waals surface area (Å²) in [6, 6.07) is 19.5. The van der Waals surface area contributed by atoms with Crippen molar-refractivity contribution in [3.63, 3.8) is 0 Å². The van der Waals surface area contributed by atoms with Gasteiger partial charge in [-0.1, -0.05) is 49.4 Å². The number of primary amides is 1. The molecule has 3 aromatic carbocycles. The minimum absolute atomic E-state index is 0.0442. The SMILES string of the molecule is CCOc1cc2ncc(CC(N)=O)c(Nc3cccc(CNCC(O)c4ccccc4)c3CC)c2cc1OCC. The Kier molecular flexibility index (Phi) is 9.94. The van der Waals surface area contributed by atoms with Crippen LogP contribution in [-0.4, -0.2) is 35.8 Å². The molecular weight excluding hydrogens is 504 g/mol. The molecule has 0 fully saturated rings. The quantitative estimate of drug-likeness (QED) is 0.173. The first-order valence-corrected chi connectivity index (χ1v) is 13.8. The van der Waals surface area contributed by atoms with Gasteiger partial charge in [0, 0.05) is 42.0 Å². The largest absolute Gasteiger partial charge is 0.490 e. The molecule has 0 aliphatic heterocycles. The maximum Gasteiger partial charge on any atom is 0.221 e. The van der Waals surface area contributed by atoms with Crippen molar-refractivity contribution in [1.29, 1.82) is 0 Å². The molecule has 0 spiro atoms. The van der Waals surface area contributed by atoms with Gasteiger partial charge in [-0.15, -0.1) is 0 Å². The zero-order chi connectivity index (χ0) is 28.5. The van der Waals surface area contributed by atoms with Crippen LogP contribution in [-0.2, 0) is 24.2 Å². The molecular formula is C32H38N4O4. The van der Waals surface area contributed by atoms with Crippen LogP contribution < -0.4 is 25.8 Å². The van der Waals surface area contributed by atoms with E-state index in [1.807, 2.05) is 68.4 Å². The van der Waals surface area contributed by atoms with Crippen LogP contribution in [0.5, 0.6) is 11.5 Å². The summed E-state index contributed by atoms with van der Waals surface area (Å²) in [5.41, 5.74) is 11.8. The first kappa shape index (κ1) is 28.9. The Labute approximate surface area is 235 Å². The predicted octanol–water partition coefficient (Wildman–Crippen LogP) is 5.19. The van der Waals surface area contributed by atoms with Crippen LogP contribution in [0.4, 0.5) is 11.4 Å². The van der Waals surface area contributed by atoms with E-state index >= 15 is 0 Å². The molecule has 0 aliphatic rings. The molecule has 40 heavy (non-hydrogen) atoms. The van der Waals surface area contributed by atoms with Crippen molar-refractivity contribution in [2.45, 2.75) is 46.3 Å². The van der Waals surface area contributed by atoms with E-state index in [1.165, 1.54) is 0 Å². The molecule has 0 saturated carbocycles. The van der Waals surface area contributed by atoms with Crippen molar-refractivity contribution in [1.82, 2.24) is 10.3 Å². The zero-order valence-corrected chi connectivity index (χ0v) is 23.4. The van der Waals surface area contributed by atoms with Gasteiger partial charge in [-0.2, -0.15) is 0 Å². The summed E-state index contributed by atoms with van der Waals surface area (Å²) >= 11 is 0. The first-order valence-electron chi connectivity index (χ1n) is 13.8. The van der Waals surface area contributed by atoms with Gasteiger partial charge in [-0.05, 0) is 49.1 Å². The standard InChI is InChI=1S/C32H38N4O4/c1-4-24-22(18-34-20-28(37)21-11-8-7-9-12-21)13-10-14-26(24)36-32-23(15-31(33)38)19-35-27-17-30(40-6-3)29(39-5-2)16-25(27)32/h7-14,16-17,19,28,34,37H,4-6,15,18,20H2,1-3H3,(H2,33,38)(H,35,36). The molecule has 1 atom stereocenters. The van der Waals surface area contributed by atoms with E-state index in [2.05, 4.69) is 28.6 Å². The van der Waals surface area contributed by atoms with Crippen molar-refractivity contribution < 1.29 is 19.4 Å². The average molecular weight is 543 g/mol. The molecule has 1 aromatic heterocycles. The molecule has 0 saturated heterocycles. The molecule has 1 unspecified atom stereocenters. The Morgan fingerprint density at radius 2 is 1.70 bits per heavy atom. The zero-order valence-electron chi connectivity index (χ0n) is 23.4. The van der Waals surface area contributed by atoms with Gasteiger partial charge in [-0.25, -0.2) is 0 Å². The maximum absolute atomic E-state index is 12.0. The second kappa shape index (κ2) is 13.8. The molecule has 0 radical (unpaired) electrons. The van der Waals surface area contributed by atoms with Gasteiger partial charge in [0.15, 0.2) is 11.5 Å². The highest BCUT2D eigenvalue weighted by Gasteiger charge is 2.18. The number of benzene rings is 3. The first-order chi connectivity index (χ1) is 19.4. The van der Waals surface area contributed by atoms with E-state index in [4.69, 9.17) is 15.2 Å². The van der Waals surface area contributed by atoms with Crippen molar-refractivity contribution in [3.8, 4) is 11.5 Å². The monoisotopic (exact) mass is 542 g/mol. The second-order valence-corrected chi connectivity index (χ2v) is 9.46. The van der Waals surface area contributed by atoms with Crippen LogP contribution in [0, 0.1) is 0 Å². The predicted molar refractivity (Wildman–Crippen MR) is 159 cm³/mol. The molecule has 8 heteroatoms. The van der Waals surface area contributed by atoms with Gasteiger partial charge in [0.2, 0.25) is 5.91 Å². The van der Waals surface area contributed by atoms with Gasteiger partial charge < -0.3 is 30.9 Å². The number of nitrogens with two attached hydrogens (primary N) is 1. The van der Waals surface area contributed by atoms with Crippen molar-refractivity contribution >= 4 is 28.2 Å². The number of carbonyl (C=O) groups excluding carboxylic acids is 1. The van der Waals surface area contributed by atoms with E-state index in [0.29, 0.717) is 48.9 Å². The Hall–Kier alpha value is -4.14. The fourth-order valence-electron chi connectivity index (χ4n) is 4.85. The molecule has 1 amide bonds. The lowest BCUT2D eigenvalue weighted by Gasteiger charge is -2.20. The van der Waals surface area contributed by atoms with Gasteiger partial charge >= 0.3 is 0 Å². The number of aromatic nitrogens is 1. The Morgan fingerprint density at radius 1 is 0.975 bits per heavy atom. The van der Waals surface area contributed by atoms with Crippen LogP contribution in [0.15, 0.2) is 66.9 Å². The summed E-state index contributed by atoms with van der Waals surface area (Å²) in [7, 11) is 0. The summed E-state index contributed by atoms with van der Waals surface area (Å²) in [6.07, 6.45) is 1.93. The summed E-state index contributed by atoms with van der Waals surface area (Å²) in [6.45, 7) is 7.97. The number of hydrogen-bond donors (Lipinski definition) is 4. The van der Waals surface area contributed by atoms with E-state index in [-0.39, 0.29) is 6.42 Å². The number of hydrogen-bond acceptors (Lipinski definition) is 7. The number of ether oxygens (including phenoxy) is 2. The van der Waals surface area contributed by atoms with E-state index in [9.17, 15) is 9.90 Å². The number of carbonyl (C=O) groups is 1. The number of anilines is 2. The molecule has 4 aromatic rings. The number of aliphatic hydroxyl groups is 1. The fourth-order valence-corrected chi connectivity index (χ4v) is 4.85. The summed E-state index contributed by atoms with van der Waals surface area (Å²) < 4.78 is 11.7. The lowest BCUT2D eigenvalue weighted by molar-refractivity contribution is -0.117. The normalized spacial score (nSPS) is 11.8. The molecule has 8 nitrogen and oxygen atoms in total. The second-order valence-electron chi connectivity index (χ2n) is 9.46. The fraction of sp³-hybridized carbons (Fsp3) is 0.312. The third-order valence-electron chi connectivity index (χ3n) is 6.70. The highest BCUT2D eigenvalue weighted by Crippen LogP contribution is 2.38. The highest BCUT2D eigenvalue weighted by molar-refractivity contribution is 5.98. The van der Waals surface area contributed by atoms with Crippen molar-refractivity contribution in [2.24, 2.45) is 5.73 Å². The van der Waals surface area contributed by atoms with Crippen molar-refractivity contribution in [2.75, 3.05) is 25.1 Å². The minimum atomic E-state index is -0.590. The average Bonchev–Trinajstić information content (AvgIpc) is 2.95. The van der Waals surface area contributed by atoms with Crippen LogP contribution in [0.2, 0.25) is 0 Å². The third-order valence-corrected chi connectivity index (χ3v) is 6.70. The number of nitrogens with one attached hydrogen (secondary N) is 2. The molecule has 0 aliphatic carbocycles. The molecule has 0 bridgehead atoms. The lowest BCUT2D eigenvalue weighted by Crippen LogP contribution is -2.22. The van der Waals surface area contributed by atoms with Crippen LogP contribution >= 0.6 is 0 Å². The number of nitrogens with zero attached hydrogens (tertiary/aromatic N) is 1. The van der Waals surface area contributed by atoms with Gasteiger partial charge in [0.05, 0.1) is 36.9 Å². The number of amides is 1. The van der Waals surface area contributed by atoms with Gasteiger partial charge in [0.1, 0.15) is 0 Å². The van der Waals surface area contributed by atoms with Gasteiger partial charge in [-0.3, -0.25) is 9.78 Å². The minimum Gasteiger partial charge on any atom is -0.490 e. The topological polar surface area (TPSA) is 119 Å². The third kappa shape index (κ3) is 6.89. The summed E-state index contributed by atoms with van der Waals surface area (Å²) in [5.74, 6) is 0.798. The number of aliphatic hydroxyl groups excluding tert-OH is 1. The van der Waals surface area contributed by atoms with Crippen LogP contribution in [0.1, 0.15) is 49.1 Å². The Balaban J connectivity index is 1.68. The molecule has 210 valence electrons. The molecule has 5 N–H and O–H groups in total. The summed E-state index contributed by atoms with van der Waals surface area (Å²) in [4.78, 5) is 16.6. The van der Waals surface area contributed by atoms with Gasteiger partial charge in [0.25, 0.3) is 0 Å². The maximum atomic E-state index is 12.0. The lowest BCUT2D eigenvalue weighted by atomic mass is 10.0. The highest BCUT2D eigenvalue weighted by atomic mass is 16.5. The van der Waals surface area contributed by atoms with Crippen LogP contribution in [0.3, 0.4) is 0 Å². The smallest absolute Gasteiger partial charge is 0.221 e. The van der Waals surface area contributed by atoms with Crippen LogP contribution in [0.25, 0.3) is 10.9 Å². The Morgan fingerprint density at radius 3 is 2.38 bits per heavy atom.